The molecule has 7 heteroatoms. The van der Waals surface area contributed by atoms with E-state index in [1.165, 1.54) is 0 Å². The fourth-order valence-corrected chi connectivity index (χ4v) is 0.561. The van der Waals surface area contributed by atoms with E-state index in [2.05, 4.69) is 4.18 Å². The number of carbonyl (C=O) groups is 1. The normalized spacial score (nSPS) is 11.3. The summed E-state index contributed by atoms with van der Waals surface area (Å²) in [5.74, 6) is -1.33. The molecule has 0 bridgehead atoms. The van der Waals surface area contributed by atoms with Crippen molar-refractivity contribution in [1.29, 1.82) is 0 Å². The topological polar surface area (TPSA) is 92.7 Å². The highest BCUT2D eigenvalue weighted by atomic mass is 32.2. The first-order valence-electron chi connectivity index (χ1n) is 2.27. The summed E-state index contributed by atoms with van der Waals surface area (Å²) in [6, 6.07) is 0. The maximum atomic E-state index is 10.3. The van der Waals surface area contributed by atoms with Crippen LogP contribution >= 0.6 is 0 Å². The second-order valence-corrected chi connectivity index (χ2v) is 2.87. The zero-order chi connectivity index (χ0) is 8.20. The van der Waals surface area contributed by atoms with Crippen LogP contribution in [-0.4, -0.2) is 33.1 Å². The van der Waals surface area contributed by atoms with E-state index in [4.69, 9.17) is 5.11 Å². The number of nitrogens with one attached hydrogen (secondary N) is 1. The molecule has 0 aromatic heterocycles. The van der Waals surface area contributed by atoms with E-state index in [0.717, 1.165) is 7.05 Å². The Bertz CT molecular complexity index is 207. The van der Waals surface area contributed by atoms with Gasteiger partial charge in [-0.2, -0.15) is 13.1 Å². The van der Waals surface area contributed by atoms with Crippen LogP contribution in [0.4, 0.5) is 0 Å². The van der Waals surface area contributed by atoms with Gasteiger partial charge in [-0.15, -0.1) is 0 Å². The summed E-state index contributed by atoms with van der Waals surface area (Å²) in [7, 11) is -2.72. The number of carboxylic acid groups (broad SMARTS) is 1. The van der Waals surface area contributed by atoms with Crippen molar-refractivity contribution in [3.8, 4) is 0 Å². The third-order valence-electron chi connectivity index (χ3n) is 0.588. The van der Waals surface area contributed by atoms with Crippen LogP contribution in [0.5, 0.6) is 0 Å². The van der Waals surface area contributed by atoms with Crippen molar-refractivity contribution in [2.24, 2.45) is 0 Å². The molecule has 0 saturated carbocycles. The summed E-state index contributed by atoms with van der Waals surface area (Å²) in [4.78, 5) is 9.74. The molecule has 0 heterocycles. The highest BCUT2D eigenvalue weighted by molar-refractivity contribution is 7.84. The van der Waals surface area contributed by atoms with Crippen LogP contribution < -0.4 is 4.72 Å². The molecule has 0 rings (SSSR count). The van der Waals surface area contributed by atoms with E-state index in [0.29, 0.717) is 0 Å². The Morgan fingerprint density at radius 2 is 2.20 bits per heavy atom. The van der Waals surface area contributed by atoms with E-state index in [1.807, 2.05) is 0 Å². The molecule has 0 unspecified atom stereocenters. The van der Waals surface area contributed by atoms with Gasteiger partial charge in [0.25, 0.3) is 0 Å². The maximum absolute atomic E-state index is 10.3. The molecule has 0 aliphatic rings. The average Bonchev–Trinajstić information content (AvgIpc) is 1.85. The molecule has 0 saturated heterocycles. The van der Waals surface area contributed by atoms with Crippen LogP contribution in [0.2, 0.25) is 0 Å². The first-order chi connectivity index (χ1) is 4.48. The molecular formula is C3H7NO5S. The lowest BCUT2D eigenvalue weighted by Gasteiger charge is -1.98. The Kier molecular flexibility index (Phi) is 3.26. The van der Waals surface area contributed by atoms with Gasteiger partial charge in [-0.1, -0.05) is 0 Å². The SMILES string of the molecule is CNS(=O)(=O)OCC(=O)O. The van der Waals surface area contributed by atoms with Crippen LogP contribution in [0.3, 0.4) is 0 Å². The van der Waals surface area contributed by atoms with Gasteiger partial charge < -0.3 is 5.11 Å². The Morgan fingerprint density at radius 1 is 1.70 bits per heavy atom. The van der Waals surface area contributed by atoms with Crippen LogP contribution in [0.15, 0.2) is 0 Å². The lowest BCUT2D eigenvalue weighted by atomic mass is 10.8. The predicted molar refractivity (Wildman–Crippen MR) is 31.6 cm³/mol. The molecule has 6 nitrogen and oxygen atoms in total. The predicted octanol–water partition coefficient (Wildman–Crippen LogP) is -1.45. The summed E-state index contributed by atoms with van der Waals surface area (Å²) >= 11 is 0. The van der Waals surface area contributed by atoms with E-state index < -0.39 is 22.9 Å². The second-order valence-electron chi connectivity index (χ2n) is 1.31. The van der Waals surface area contributed by atoms with Gasteiger partial charge in [0.1, 0.15) is 0 Å². The number of hydrogen-bond donors (Lipinski definition) is 2. The minimum absolute atomic E-state index is 0.858. The van der Waals surface area contributed by atoms with Crippen LogP contribution in [-0.2, 0) is 19.3 Å². The first-order valence-corrected chi connectivity index (χ1v) is 3.68. The minimum atomic E-state index is -3.85. The fourth-order valence-electron chi connectivity index (χ4n) is 0.187. The van der Waals surface area contributed by atoms with Gasteiger partial charge in [-0.05, 0) is 0 Å². The average molecular weight is 169 g/mol. The molecule has 0 amide bonds. The lowest BCUT2D eigenvalue weighted by Crippen LogP contribution is -2.24. The standard InChI is InChI=1S/C3H7NO5S/c1-4-10(7,8)9-2-3(5)6/h4H,2H2,1H3,(H,5,6). The summed E-state index contributed by atoms with van der Waals surface area (Å²) in [6.45, 7) is -0.858. The molecule has 0 atom stereocenters. The van der Waals surface area contributed by atoms with Gasteiger partial charge in [0.2, 0.25) is 0 Å². The van der Waals surface area contributed by atoms with Crippen molar-refractivity contribution >= 4 is 16.3 Å². The van der Waals surface area contributed by atoms with Gasteiger partial charge in [-0.3, -0.25) is 0 Å². The third-order valence-corrected chi connectivity index (χ3v) is 1.52. The number of aliphatic carboxylic acids is 1. The largest absolute Gasteiger partial charge is 0.479 e. The quantitative estimate of drug-likeness (QED) is 0.537. The molecule has 2 N–H and O–H groups in total. The van der Waals surface area contributed by atoms with Gasteiger partial charge in [0.05, 0.1) is 0 Å². The van der Waals surface area contributed by atoms with Gasteiger partial charge in [0, 0.05) is 7.05 Å². The zero-order valence-corrected chi connectivity index (χ0v) is 6.01. The van der Waals surface area contributed by atoms with Crippen molar-refractivity contribution in [3.63, 3.8) is 0 Å². The minimum Gasteiger partial charge on any atom is -0.479 e. The highest BCUT2D eigenvalue weighted by Gasteiger charge is 2.08. The van der Waals surface area contributed by atoms with Crippen molar-refractivity contribution in [2.75, 3.05) is 13.7 Å². The van der Waals surface area contributed by atoms with Crippen LogP contribution in [0, 0.1) is 0 Å². The number of carboxylic acids is 1. The maximum Gasteiger partial charge on any atom is 0.336 e. The fraction of sp³-hybridized carbons (Fsp3) is 0.667. The Labute approximate surface area is 58.1 Å². The molecule has 0 radical (unpaired) electrons. The smallest absolute Gasteiger partial charge is 0.336 e. The van der Waals surface area contributed by atoms with Gasteiger partial charge in [-0.25, -0.2) is 8.98 Å². The molecule has 10 heavy (non-hydrogen) atoms. The summed E-state index contributed by atoms with van der Waals surface area (Å²) < 4.78 is 26.3. The lowest BCUT2D eigenvalue weighted by molar-refractivity contribution is -0.139. The van der Waals surface area contributed by atoms with Gasteiger partial charge in [0.15, 0.2) is 6.61 Å². The summed E-state index contributed by atoms with van der Waals surface area (Å²) in [5.41, 5.74) is 0. The van der Waals surface area contributed by atoms with Crippen LogP contribution in [0.25, 0.3) is 0 Å². The summed E-state index contributed by atoms with van der Waals surface area (Å²) in [5, 5.41) is 7.96. The van der Waals surface area contributed by atoms with E-state index in [9.17, 15) is 13.2 Å². The third kappa shape index (κ3) is 4.24. The molecule has 0 aliphatic carbocycles. The van der Waals surface area contributed by atoms with Crippen LogP contribution in [0.1, 0.15) is 0 Å². The Balaban J connectivity index is 3.81. The molecular weight excluding hydrogens is 162 g/mol. The second kappa shape index (κ2) is 3.49. The zero-order valence-electron chi connectivity index (χ0n) is 5.20. The summed E-state index contributed by atoms with van der Waals surface area (Å²) in [6.07, 6.45) is 0. The Morgan fingerprint density at radius 3 is 2.50 bits per heavy atom. The van der Waals surface area contributed by atoms with Crippen molar-refractivity contribution < 1.29 is 22.5 Å². The Hall–Kier alpha value is -0.660. The molecule has 0 aliphatic heterocycles. The van der Waals surface area contributed by atoms with Crippen molar-refractivity contribution in [3.05, 3.63) is 0 Å². The first kappa shape index (κ1) is 9.34. The van der Waals surface area contributed by atoms with Gasteiger partial charge >= 0.3 is 16.3 Å². The van der Waals surface area contributed by atoms with E-state index >= 15 is 0 Å². The molecule has 0 fully saturated rings. The van der Waals surface area contributed by atoms with Crippen molar-refractivity contribution in [1.82, 2.24) is 4.72 Å². The molecule has 60 valence electrons. The van der Waals surface area contributed by atoms with Crippen molar-refractivity contribution in [2.45, 2.75) is 0 Å². The highest BCUT2D eigenvalue weighted by Crippen LogP contribution is 1.83. The molecule has 0 aromatic carbocycles. The number of hydrogen-bond acceptors (Lipinski definition) is 4. The monoisotopic (exact) mass is 169 g/mol. The number of rotatable bonds is 4. The molecule has 0 spiro atoms. The van der Waals surface area contributed by atoms with E-state index in [-0.39, 0.29) is 0 Å². The molecule has 0 aromatic rings. The van der Waals surface area contributed by atoms with E-state index in [1.54, 1.807) is 4.72 Å².